The zero-order chi connectivity index (χ0) is 16.3. The third-order valence-corrected chi connectivity index (χ3v) is 10.1. The predicted octanol–water partition coefficient (Wildman–Crippen LogP) is 3.15. The fraction of sp³-hybridized carbons (Fsp3) is 0.882. The molecule has 0 saturated carbocycles. The first kappa shape index (κ1) is 16.6. The van der Waals surface area contributed by atoms with Crippen LogP contribution in [-0.4, -0.2) is 56.4 Å². The van der Waals surface area contributed by atoms with E-state index < -0.39 is 14.1 Å². The number of nitrogens with zero attached hydrogens (tertiary/aromatic N) is 1. The summed E-state index contributed by atoms with van der Waals surface area (Å²) in [5.74, 6) is -0.468. The van der Waals surface area contributed by atoms with Gasteiger partial charge in [-0.2, -0.15) is 0 Å². The Kier molecular flexibility index (Phi) is 3.89. The lowest BCUT2D eigenvalue weighted by atomic mass is 10.0. The zero-order valence-corrected chi connectivity index (χ0v) is 16.1. The van der Waals surface area contributed by atoms with Crippen molar-refractivity contribution in [2.45, 2.75) is 82.9 Å². The number of rotatable bonds is 2. The molecule has 0 spiro atoms. The van der Waals surface area contributed by atoms with Gasteiger partial charge >= 0.3 is 0 Å². The summed E-state index contributed by atoms with van der Waals surface area (Å²) < 4.78 is 19.0. The molecule has 0 radical (unpaired) electrons. The summed E-state index contributed by atoms with van der Waals surface area (Å²) >= 11 is 0. The first-order valence-electron chi connectivity index (χ1n) is 8.44. The molecule has 5 heteroatoms. The van der Waals surface area contributed by atoms with Crippen LogP contribution in [0.2, 0.25) is 18.1 Å². The Morgan fingerprint density at radius 1 is 1.23 bits per heavy atom. The average molecular weight is 326 g/mol. The van der Waals surface area contributed by atoms with Gasteiger partial charge in [0.2, 0.25) is 0 Å². The monoisotopic (exact) mass is 325 g/mol. The van der Waals surface area contributed by atoms with Gasteiger partial charge < -0.3 is 13.9 Å². The summed E-state index contributed by atoms with van der Waals surface area (Å²) in [6.45, 7) is 17.5. The second-order valence-electron chi connectivity index (χ2n) is 8.85. The zero-order valence-electron chi connectivity index (χ0n) is 15.1. The number of hydrogen-bond acceptors (Lipinski definition) is 4. The SMILES string of the molecule is CC1(C)O[C@H]2[C@H]3[C@@H](O[Si](C)(C)C(C)(C)C)C=CCN3C[C@H]2O1. The van der Waals surface area contributed by atoms with Crippen LogP contribution in [0.4, 0.5) is 0 Å². The van der Waals surface area contributed by atoms with Crippen molar-refractivity contribution in [2.75, 3.05) is 13.1 Å². The van der Waals surface area contributed by atoms with Crippen molar-refractivity contribution in [3.63, 3.8) is 0 Å². The van der Waals surface area contributed by atoms with E-state index in [4.69, 9.17) is 13.9 Å². The standard InChI is InChI=1S/C17H31NO3Si/c1-16(2,3)22(6,7)21-12-9-8-10-18-11-13-15(14(12)18)20-17(4,5)19-13/h8-9,12-15H,10-11H2,1-7H3/t12-,13+,14+,15+/m0/s1. The van der Waals surface area contributed by atoms with Gasteiger partial charge in [-0.3, -0.25) is 4.90 Å². The third kappa shape index (κ3) is 2.82. The van der Waals surface area contributed by atoms with Crippen LogP contribution in [-0.2, 0) is 13.9 Å². The first-order chi connectivity index (χ1) is 10.0. The number of ether oxygens (including phenoxy) is 2. The molecular weight excluding hydrogens is 294 g/mol. The maximum atomic E-state index is 6.71. The molecule has 4 nitrogen and oxygen atoms in total. The van der Waals surface area contributed by atoms with Gasteiger partial charge in [0.1, 0.15) is 12.2 Å². The molecule has 4 atom stereocenters. The molecule has 0 aromatic carbocycles. The van der Waals surface area contributed by atoms with E-state index in [1.165, 1.54) is 0 Å². The Balaban J connectivity index is 1.80. The molecule has 3 aliphatic rings. The van der Waals surface area contributed by atoms with Crippen molar-refractivity contribution in [1.82, 2.24) is 4.90 Å². The van der Waals surface area contributed by atoms with Crippen LogP contribution in [0.25, 0.3) is 0 Å². The molecular formula is C17H31NO3Si. The van der Waals surface area contributed by atoms with Crippen LogP contribution in [0.3, 0.4) is 0 Å². The molecule has 0 bridgehead atoms. The van der Waals surface area contributed by atoms with Crippen molar-refractivity contribution in [3.8, 4) is 0 Å². The minimum Gasteiger partial charge on any atom is -0.409 e. The van der Waals surface area contributed by atoms with Gasteiger partial charge in [-0.25, -0.2) is 0 Å². The quantitative estimate of drug-likeness (QED) is 0.576. The second-order valence-corrected chi connectivity index (χ2v) is 13.6. The van der Waals surface area contributed by atoms with Gasteiger partial charge in [-0.15, -0.1) is 0 Å². The minimum absolute atomic E-state index is 0.113. The lowest BCUT2D eigenvalue weighted by molar-refractivity contribution is -0.165. The Morgan fingerprint density at radius 2 is 1.91 bits per heavy atom. The van der Waals surface area contributed by atoms with Crippen LogP contribution >= 0.6 is 0 Å². The highest BCUT2D eigenvalue weighted by atomic mass is 28.4. The van der Waals surface area contributed by atoms with Gasteiger partial charge in [-0.1, -0.05) is 32.9 Å². The Morgan fingerprint density at radius 3 is 2.55 bits per heavy atom. The second kappa shape index (κ2) is 5.15. The van der Waals surface area contributed by atoms with Crippen molar-refractivity contribution < 1.29 is 13.9 Å². The maximum absolute atomic E-state index is 6.71. The normalized spacial score (nSPS) is 38.1. The number of hydrogen-bond donors (Lipinski definition) is 0. The summed E-state index contributed by atoms with van der Waals surface area (Å²) in [7, 11) is -1.81. The molecule has 0 amide bonds. The Bertz CT molecular complexity index is 469. The molecule has 22 heavy (non-hydrogen) atoms. The van der Waals surface area contributed by atoms with Crippen molar-refractivity contribution in [2.24, 2.45) is 0 Å². The summed E-state index contributed by atoms with van der Waals surface area (Å²) in [6.07, 6.45) is 4.89. The number of fused-ring (bicyclic) bond motifs is 3. The summed E-state index contributed by atoms with van der Waals surface area (Å²) in [6, 6.07) is 0.283. The lowest BCUT2D eigenvalue weighted by Gasteiger charge is -2.43. The topological polar surface area (TPSA) is 30.9 Å². The van der Waals surface area contributed by atoms with Gasteiger partial charge in [0, 0.05) is 13.1 Å². The molecule has 0 aromatic heterocycles. The van der Waals surface area contributed by atoms with Crippen molar-refractivity contribution >= 4 is 8.32 Å². The van der Waals surface area contributed by atoms with E-state index in [9.17, 15) is 0 Å². The summed E-state index contributed by atoms with van der Waals surface area (Å²) in [4.78, 5) is 2.46. The highest BCUT2D eigenvalue weighted by Crippen LogP contribution is 2.43. The minimum atomic E-state index is -1.81. The van der Waals surface area contributed by atoms with Crippen molar-refractivity contribution in [1.29, 1.82) is 0 Å². The first-order valence-corrected chi connectivity index (χ1v) is 11.4. The largest absolute Gasteiger partial charge is 0.409 e. The fourth-order valence-corrected chi connectivity index (χ4v) is 4.77. The molecule has 2 saturated heterocycles. The van der Waals surface area contributed by atoms with Gasteiger partial charge in [0.15, 0.2) is 14.1 Å². The molecule has 0 unspecified atom stereocenters. The van der Waals surface area contributed by atoms with E-state index >= 15 is 0 Å². The molecule has 0 aliphatic carbocycles. The van der Waals surface area contributed by atoms with E-state index in [1.807, 2.05) is 13.8 Å². The van der Waals surface area contributed by atoms with E-state index in [2.05, 4.69) is 50.9 Å². The maximum Gasteiger partial charge on any atom is 0.192 e. The fourth-order valence-electron chi connectivity index (χ4n) is 3.52. The highest BCUT2D eigenvalue weighted by molar-refractivity contribution is 6.74. The smallest absolute Gasteiger partial charge is 0.192 e. The van der Waals surface area contributed by atoms with Crippen LogP contribution < -0.4 is 0 Å². The van der Waals surface area contributed by atoms with Crippen LogP contribution in [0.1, 0.15) is 34.6 Å². The molecule has 0 aromatic rings. The molecule has 2 fully saturated rings. The van der Waals surface area contributed by atoms with Crippen LogP contribution in [0, 0.1) is 0 Å². The highest BCUT2D eigenvalue weighted by Gasteiger charge is 2.56. The lowest BCUT2D eigenvalue weighted by Crippen LogP contribution is -2.54. The van der Waals surface area contributed by atoms with E-state index in [0.717, 1.165) is 13.1 Å². The van der Waals surface area contributed by atoms with E-state index in [1.54, 1.807) is 0 Å². The summed E-state index contributed by atoms with van der Waals surface area (Å²) in [5.41, 5.74) is 0. The molecule has 3 heterocycles. The molecule has 0 N–H and O–H groups in total. The van der Waals surface area contributed by atoms with Gasteiger partial charge in [0.25, 0.3) is 0 Å². The Labute approximate surface area is 135 Å². The molecule has 126 valence electrons. The Hall–Kier alpha value is -0.203. The molecule has 3 aliphatic heterocycles. The predicted molar refractivity (Wildman–Crippen MR) is 90.4 cm³/mol. The van der Waals surface area contributed by atoms with Crippen molar-refractivity contribution in [3.05, 3.63) is 12.2 Å². The van der Waals surface area contributed by atoms with E-state index in [0.29, 0.717) is 0 Å². The van der Waals surface area contributed by atoms with Gasteiger partial charge in [0.05, 0.1) is 12.1 Å². The average Bonchev–Trinajstić information content (AvgIpc) is 2.78. The van der Waals surface area contributed by atoms with E-state index in [-0.39, 0.29) is 29.4 Å². The van der Waals surface area contributed by atoms with Crippen LogP contribution in [0.15, 0.2) is 12.2 Å². The summed E-state index contributed by atoms with van der Waals surface area (Å²) in [5, 5.41) is 0.216. The third-order valence-electron chi connectivity index (χ3n) is 5.63. The van der Waals surface area contributed by atoms with Gasteiger partial charge in [-0.05, 0) is 32.0 Å². The van der Waals surface area contributed by atoms with Crippen LogP contribution in [0.5, 0.6) is 0 Å². The molecule has 3 rings (SSSR count).